The van der Waals surface area contributed by atoms with Crippen molar-refractivity contribution in [2.75, 3.05) is 51.9 Å². The van der Waals surface area contributed by atoms with E-state index in [9.17, 15) is 4.79 Å². The first-order valence-electron chi connectivity index (χ1n) is 10.4. The number of aromatic amines is 1. The maximum absolute atomic E-state index is 10.9. The third-order valence-corrected chi connectivity index (χ3v) is 5.12. The van der Waals surface area contributed by atoms with Crippen molar-refractivity contribution in [1.82, 2.24) is 25.1 Å². The van der Waals surface area contributed by atoms with Gasteiger partial charge in [-0.05, 0) is 12.5 Å². The van der Waals surface area contributed by atoms with Gasteiger partial charge in [0.1, 0.15) is 12.1 Å². The molecule has 0 atom stereocenters. The quantitative estimate of drug-likeness (QED) is 0.399. The Morgan fingerprint density at radius 3 is 2.88 bits per heavy atom. The minimum atomic E-state index is -0.935. The Morgan fingerprint density at radius 2 is 2.09 bits per heavy atom. The molecule has 1 aliphatic rings. The zero-order valence-electron chi connectivity index (χ0n) is 17.8. The van der Waals surface area contributed by atoms with Crippen LogP contribution < -0.4 is 14.8 Å². The number of hydrogen-bond acceptors (Lipinski definition) is 9. The monoisotopic (exact) mass is 442 g/mol. The molecule has 0 radical (unpaired) electrons. The lowest BCUT2D eigenvalue weighted by atomic mass is 10.2. The average Bonchev–Trinajstić information content (AvgIpc) is 3.23. The Kier molecular flexibility index (Phi) is 6.97. The number of ether oxygens (including phenoxy) is 3. The highest BCUT2D eigenvalue weighted by Crippen LogP contribution is 2.34. The number of aromatic nitrogens is 4. The number of nitrogens with zero attached hydrogens (tertiary/aromatic N) is 4. The third-order valence-electron chi connectivity index (χ3n) is 5.12. The van der Waals surface area contributed by atoms with E-state index in [1.54, 1.807) is 13.2 Å². The number of fused-ring (bicyclic) bond motifs is 1. The number of morpholine rings is 1. The van der Waals surface area contributed by atoms with E-state index in [4.69, 9.17) is 19.3 Å². The van der Waals surface area contributed by atoms with Crippen molar-refractivity contribution in [1.29, 1.82) is 0 Å². The minimum absolute atomic E-state index is 0.140. The summed E-state index contributed by atoms with van der Waals surface area (Å²) in [6, 6.07) is 5.28. The summed E-state index contributed by atoms with van der Waals surface area (Å²) in [5, 5.41) is 19.5. The zero-order valence-corrected chi connectivity index (χ0v) is 17.8. The Labute approximate surface area is 184 Å². The molecule has 32 heavy (non-hydrogen) atoms. The van der Waals surface area contributed by atoms with Gasteiger partial charge in [-0.25, -0.2) is 9.97 Å². The van der Waals surface area contributed by atoms with Gasteiger partial charge in [-0.15, -0.1) is 0 Å². The smallest absolute Gasteiger partial charge is 0.309 e. The number of carboxylic acid groups (broad SMARTS) is 1. The van der Waals surface area contributed by atoms with Gasteiger partial charge in [-0.3, -0.25) is 14.8 Å². The van der Waals surface area contributed by atoms with Crippen LogP contribution in [0, 0.1) is 0 Å². The van der Waals surface area contributed by atoms with Crippen molar-refractivity contribution in [3.8, 4) is 11.5 Å². The van der Waals surface area contributed by atoms with E-state index >= 15 is 0 Å². The van der Waals surface area contributed by atoms with Crippen molar-refractivity contribution in [3.63, 3.8) is 0 Å². The van der Waals surface area contributed by atoms with Gasteiger partial charge < -0.3 is 24.6 Å². The number of methoxy groups -OCH3 is 1. The van der Waals surface area contributed by atoms with Crippen LogP contribution in [-0.2, 0) is 16.0 Å². The van der Waals surface area contributed by atoms with E-state index in [1.165, 1.54) is 6.33 Å². The normalized spacial score (nSPS) is 14.4. The molecule has 11 nitrogen and oxygen atoms in total. The molecule has 170 valence electrons. The molecule has 3 heterocycles. The molecule has 0 saturated carbocycles. The number of nitrogens with one attached hydrogen (secondary N) is 2. The summed E-state index contributed by atoms with van der Waals surface area (Å²) in [6.07, 6.45) is 2.21. The van der Waals surface area contributed by atoms with Crippen LogP contribution in [0.15, 0.2) is 24.5 Å². The molecule has 0 bridgehead atoms. The van der Waals surface area contributed by atoms with Gasteiger partial charge in [0, 0.05) is 42.8 Å². The molecule has 0 aliphatic carbocycles. The molecule has 3 N–H and O–H groups in total. The molecule has 2 aromatic heterocycles. The van der Waals surface area contributed by atoms with E-state index in [-0.39, 0.29) is 6.42 Å². The third kappa shape index (κ3) is 5.42. The average molecular weight is 442 g/mol. The molecule has 3 aromatic rings. The number of carbonyl (C=O) groups is 1. The fourth-order valence-electron chi connectivity index (χ4n) is 3.53. The first-order chi connectivity index (χ1) is 15.6. The van der Waals surface area contributed by atoms with E-state index in [2.05, 4.69) is 30.4 Å². The van der Waals surface area contributed by atoms with Crippen molar-refractivity contribution < 1.29 is 24.1 Å². The molecule has 1 aliphatic heterocycles. The summed E-state index contributed by atoms with van der Waals surface area (Å²) in [5.41, 5.74) is 1.18. The minimum Gasteiger partial charge on any atom is -0.493 e. The van der Waals surface area contributed by atoms with Crippen LogP contribution >= 0.6 is 0 Å². The van der Waals surface area contributed by atoms with Crippen molar-refractivity contribution in [2.45, 2.75) is 12.8 Å². The maximum atomic E-state index is 10.9. The number of hydrogen-bond donors (Lipinski definition) is 3. The van der Waals surface area contributed by atoms with Crippen LogP contribution in [0.2, 0.25) is 0 Å². The van der Waals surface area contributed by atoms with E-state index < -0.39 is 5.97 Å². The summed E-state index contributed by atoms with van der Waals surface area (Å²) in [7, 11) is 1.59. The van der Waals surface area contributed by atoms with Crippen LogP contribution in [0.3, 0.4) is 0 Å². The molecule has 1 fully saturated rings. The molecule has 1 aromatic carbocycles. The second-order valence-electron chi connectivity index (χ2n) is 7.37. The summed E-state index contributed by atoms with van der Waals surface area (Å²) >= 11 is 0. The number of anilines is 2. The molecule has 1 saturated heterocycles. The van der Waals surface area contributed by atoms with Crippen LogP contribution in [0.25, 0.3) is 10.9 Å². The van der Waals surface area contributed by atoms with E-state index in [0.717, 1.165) is 44.7 Å². The lowest BCUT2D eigenvalue weighted by molar-refractivity contribution is -0.136. The predicted octanol–water partition coefficient (Wildman–Crippen LogP) is 1.83. The van der Waals surface area contributed by atoms with Crippen LogP contribution in [-0.4, -0.2) is 82.7 Å². The highest BCUT2D eigenvalue weighted by molar-refractivity contribution is 5.92. The number of H-pyrrole nitrogens is 1. The van der Waals surface area contributed by atoms with Gasteiger partial charge in [0.2, 0.25) is 0 Å². The molecule has 0 amide bonds. The highest BCUT2D eigenvalue weighted by Gasteiger charge is 2.14. The number of aliphatic carboxylic acids is 1. The lowest BCUT2D eigenvalue weighted by Gasteiger charge is -2.26. The number of benzene rings is 1. The molecule has 11 heteroatoms. The molecule has 0 spiro atoms. The van der Waals surface area contributed by atoms with Crippen LogP contribution in [0.5, 0.6) is 11.5 Å². The van der Waals surface area contributed by atoms with E-state index in [1.807, 2.05) is 12.1 Å². The lowest BCUT2D eigenvalue weighted by Crippen LogP contribution is -2.37. The van der Waals surface area contributed by atoms with Gasteiger partial charge in [-0.1, -0.05) is 0 Å². The first kappa shape index (κ1) is 21.8. The summed E-state index contributed by atoms with van der Waals surface area (Å²) in [5.74, 6) is 1.25. The highest BCUT2D eigenvalue weighted by atomic mass is 16.5. The molecule has 0 unspecified atom stereocenters. The van der Waals surface area contributed by atoms with Gasteiger partial charge in [0.15, 0.2) is 17.3 Å². The van der Waals surface area contributed by atoms with Crippen molar-refractivity contribution in [3.05, 3.63) is 30.2 Å². The summed E-state index contributed by atoms with van der Waals surface area (Å²) < 4.78 is 16.9. The maximum Gasteiger partial charge on any atom is 0.309 e. The Hall–Kier alpha value is -3.44. The summed E-state index contributed by atoms with van der Waals surface area (Å²) in [4.78, 5) is 21.9. The predicted molar refractivity (Wildman–Crippen MR) is 117 cm³/mol. The fourth-order valence-corrected chi connectivity index (χ4v) is 3.53. The van der Waals surface area contributed by atoms with Gasteiger partial charge in [0.25, 0.3) is 0 Å². The standard InChI is InChI=1S/C21H26N6O5/c1-30-17-11-15-16(12-18(17)32-6-2-3-27-4-7-31-8-5-27)22-13-23-21(15)24-19-9-14(25-26-19)10-20(28)29/h9,11-13H,2-8,10H2,1H3,(H,28,29)(H2,22,23,24,25,26). The zero-order chi connectivity index (χ0) is 22.3. The van der Waals surface area contributed by atoms with Gasteiger partial charge >= 0.3 is 5.97 Å². The SMILES string of the molecule is COc1cc2c(Nc3cc(CC(=O)O)[nH]n3)ncnc2cc1OCCCN1CCOCC1. The van der Waals surface area contributed by atoms with Gasteiger partial charge in [0.05, 0.1) is 38.9 Å². The summed E-state index contributed by atoms with van der Waals surface area (Å²) in [6.45, 7) is 5.01. The molecular formula is C21H26N6O5. The number of rotatable bonds is 10. The molecular weight excluding hydrogens is 416 g/mol. The second kappa shape index (κ2) is 10.2. The largest absolute Gasteiger partial charge is 0.493 e. The fraction of sp³-hybridized carbons (Fsp3) is 0.429. The van der Waals surface area contributed by atoms with Crippen molar-refractivity contribution >= 4 is 28.5 Å². The second-order valence-corrected chi connectivity index (χ2v) is 7.37. The van der Waals surface area contributed by atoms with E-state index in [0.29, 0.717) is 41.0 Å². The van der Waals surface area contributed by atoms with Crippen LogP contribution in [0.4, 0.5) is 11.6 Å². The first-order valence-corrected chi connectivity index (χ1v) is 10.4. The Bertz CT molecular complexity index is 1070. The van der Waals surface area contributed by atoms with Gasteiger partial charge in [-0.2, -0.15) is 5.10 Å². The Morgan fingerprint density at radius 1 is 1.25 bits per heavy atom. The number of carboxylic acids is 1. The topological polar surface area (TPSA) is 135 Å². The van der Waals surface area contributed by atoms with Crippen molar-refractivity contribution in [2.24, 2.45) is 0 Å². The molecule has 4 rings (SSSR count). The van der Waals surface area contributed by atoms with Crippen LogP contribution in [0.1, 0.15) is 12.1 Å². The Balaban J connectivity index is 1.45.